The van der Waals surface area contributed by atoms with E-state index in [0.717, 1.165) is 29.4 Å². The van der Waals surface area contributed by atoms with Gasteiger partial charge in [0.25, 0.3) is 0 Å². The smallest absolute Gasteiger partial charge is 0.194 e. The Bertz CT molecular complexity index is 456. The van der Waals surface area contributed by atoms with Crippen molar-refractivity contribution in [3.63, 3.8) is 0 Å². The standard InChI is InChI=1S/C13H20BrN3O2S.HI/c1-15-13(16-7-11-3-4-12(14)20-11)17-5-6-19-10(8-17)9-18-2;/h3-4,10H,5-9H2,1-2H3,(H,15,16);1H. The maximum Gasteiger partial charge on any atom is 0.194 e. The van der Waals surface area contributed by atoms with Crippen LogP contribution in [0.1, 0.15) is 4.88 Å². The average Bonchev–Trinajstić information content (AvgIpc) is 2.86. The Balaban J connectivity index is 0.00000220. The molecular weight excluding hydrogens is 469 g/mol. The summed E-state index contributed by atoms with van der Waals surface area (Å²) < 4.78 is 12.0. The molecule has 0 aliphatic carbocycles. The van der Waals surface area contributed by atoms with Crippen LogP contribution in [-0.4, -0.2) is 57.4 Å². The minimum absolute atomic E-state index is 0. The third-order valence-electron chi connectivity index (χ3n) is 3.05. The lowest BCUT2D eigenvalue weighted by atomic mass is 10.3. The van der Waals surface area contributed by atoms with Crippen molar-refractivity contribution in [1.29, 1.82) is 0 Å². The molecule has 0 aromatic carbocycles. The van der Waals surface area contributed by atoms with Gasteiger partial charge in [-0.2, -0.15) is 0 Å². The van der Waals surface area contributed by atoms with Crippen molar-refractivity contribution >= 4 is 57.2 Å². The number of aliphatic imine (C=N–C) groups is 1. The molecule has 120 valence electrons. The van der Waals surface area contributed by atoms with E-state index < -0.39 is 0 Å². The zero-order valence-electron chi connectivity index (χ0n) is 12.2. The van der Waals surface area contributed by atoms with Crippen LogP contribution in [0.15, 0.2) is 20.9 Å². The largest absolute Gasteiger partial charge is 0.382 e. The molecule has 1 aromatic rings. The van der Waals surface area contributed by atoms with Crippen molar-refractivity contribution in [2.24, 2.45) is 4.99 Å². The highest BCUT2D eigenvalue weighted by Gasteiger charge is 2.22. The van der Waals surface area contributed by atoms with Crippen LogP contribution < -0.4 is 5.32 Å². The quantitative estimate of drug-likeness (QED) is 0.401. The molecule has 1 aliphatic rings. The van der Waals surface area contributed by atoms with Crippen LogP contribution in [0.2, 0.25) is 0 Å². The molecule has 1 N–H and O–H groups in total. The van der Waals surface area contributed by atoms with E-state index in [1.807, 2.05) is 7.05 Å². The van der Waals surface area contributed by atoms with Crippen molar-refractivity contribution in [3.05, 3.63) is 20.8 Å². The Hall–Kier alpha value is 0.1000. The molecule has 21 heavy (non-hydrogen) atoms. The summed E-state index contributed by atoms with van der Waals surface area (Å²) in [6.45, 7) is 3.77. The molecule has 1 unspecified atom stereocenters. The van der Waals surface area contributed by atoms with E-state index >= 15 is 0 Å². The third kappa shape index (κ3) is 6.01. The summed E-state index contributed by atoms with van der Waals surface area (Å²) in [6.07, 6.45) is 0.114. The first-order valence-corrected chi connectivity index (χ1v) is 8.14. The van der Waals surface area contributed by atoms with Gasteiger partial charge in [0.1, 0.15) is 0 Å². The number of hydrogen-bond acceptors (Lipinski definition) is 4. The second kappa shape index (κ2) is 9.98. The van der Waals surface area contributed by atoms with E-state index in [4.69, 9.17) is 9.47 Å². The Morgan fingerprint density at radius 3 is 3.05 bits per heavy atom. The maximum atomic E-state index is 5.66. The van der Waals surface area contributed by atoms with Gasteiger partial charge < -0.3 is 19.7 Å². The fourth-order valence-corrected chi connectivity index (χ4v) is 3.57. The zero-order valence-corrected chi connectivity index (χ0v) is 16.9. The number of nitrogens with one attached hydrogen (secondary N) is 1. The summed E-state index contributed by atoms with van der Waals surface area (Å²) in [5, 5.41) is 3.40. The minimum Gasteiger partial charge on any atom is -0.382 e. The SMILES string of the molecule is CN=C(NCc1ccc(Br)s1)N1CCOC(COC)C1.I. The van der Waals surface area contributed by atoms with Crippen LogP contribution in [0.4, 0.5) is 0 Å². The molecule has 0 bridgehead atoms. The van der Waals surface area contributed by atoms with Gasteiger partial charge in [0, 0.05) is 32.1 Å². The first-order chi connectivity index (χ1) is 9.72. The van der Waals surface area contributed by atoms with Gasteiger partial charge in [-0.25, -0.2) is 0 Å². The van der Waals surface area contributed by atoms with Crippen LogP contribution in [0, 0.1) is 0 Å². The van der Waals surface area contributed by atoms with Gasteiger partial charge in [-0.1, -0.05) is 0 Å². The highest BCUT2D eigenvalue weighted by molar-refractivity contribution is 14.0. The van der Waals surface area contributed by atoms with Crippen LogP contribution in [-0.2, 0) is 16.0 Å². The molecule has 1 fully saturated rings. The third-order valence-corrected chi connectivity index (χ3v) is 4.68. The highest BCUT2D eigenvalue weighted by atomic mass is 127. The number of rotatable bonds is 4. The first-order valence-electron chi connectivity index (χ1n) is 6.53. The van der Waals surface area contributed by atoms with Gasteiger partial charge in [-0.05, 0) is 28.1 Å². The summed E-state index contributed by atoms with van der Waals surface area (Å²) in [5.41, 5.74) is 0. The summed E-state index contributed by atoms with van der Waals surface area (Å²) in [4.78, 5) is 7.85. The van der Waals surface area contributed by atoms with Crippen LogP contribution in [0.3, 0.4) is 0 Å². The fraction of sp³-hybridized carbons (Fsp3) is 0.615. The zero-order chi connectivity index (χ0) is 14.4. The van der Waals surface area contributed by atoms with Gasteiger partial charge in [0.05, 0.1) is 29.6 Å². The van der Waals surface area contributed by atoms with Gasteiger partial charge >= 0.3 is 0 Å². The predicted octanol–water partition coefficient (Wildman–Crippen LogP) is 2.55. The molecule has 1 aromatic heterocycles. The van der Waals surface area contributed by atoms with Crippen LogP contribution >= 0.6 is 51.2 Å². The summed E-state index contributed by atoms with van der Waals surface area (Å²) in [6, 6.07) is 4.18. The lowest BCUT2D eigenvalue weighted by Gasteiger charge is -2.34. The normalized spacial score (nSPS) is 19.3. The van der Waals surface area contributed by atoms with Crippen LogP contribution in [0.25, 0.3) is 0 Å². The Morgan fingerprint density at radius 2 is 2.43 bits per heavy atom. The molecule has 0 amide bonds. The lowest BCUT2D eigenvalue weighted by molar-refractivity contribution is -0.0447. The van der Waals surface area contributed by atoms with Crippen molar-refractivity contribution in [3.8, 4) is 0 Å². The van der Waals surface area contributed by atoms with E-state index in [-0.39, 0.29) is 30.1 Å². The number of halogens is 2. The van der Waals surface area contributed by atoms with Crippen molar-refractivity contribution in [1.82, 2.24) is 10.2 Å². The number of thiophene rings is 1. The van der Waals surface area contributed by atoms with E-state index in [1.54, 1.807) is 18.4 Å². The van der Waals surface area contributed by atoms with Crippen molar-refractivity contribution in [2.75, 3.05) is 40.5 Å². The van der Waals surface area contributed by atoms with E-state index in [0.29, 0.717) is 13.2 Å². The topological polar surface area (TPSA) is 46.1 Å². The Morgan fingerprint density at radius 1 is 1.62 bits per heavy atom. The second-order valence-corrected chi connectivity index (χ2v) is 7.05. The molecule has 0 radical (unpaired) electrons. The Labute approximate surface area is 155 Å². The molecule has 8 heteroatoms. The van der Waals surface area contributed by atoms with Crippen LogP contribution in [0.5, 0.6) is 0 Å². The molecular formula is C13H21BrIN3O2S. The molecule has 1 saturated heterocycles. The number of nitrogens with zero attached hydrogens (tertiary/aromatic N) is 2. The van der Waals surface area contributed by atoms with E-state index in [2.05, 4.69) is 43.3 Å². The van der Waals surface area contributed by atoms with Crippen molar-refractivity contribution < 1.29 is 9.47 Å². The molecule has 0 spiro atoms. The molecule has 5 nitrogen and oxygen atoms in total. The monoisotopic (exact) mass is 489 g/mol. The maximum absolute atomic E-state index is 5.66. The number of ether oxygens (including phenoxy) is 2. The fourth-order valence-electron chi connectivity index (χ4n) is 2.14. The van der Waals surface area contributed by atoms with Gasteiger partial charge in [0.15, 0.2) is 5.96 Å². The summed E-state index contributed by atoms with van der Waals surface area (Å²) in [5.74, 6) is 0.916. The Kier molecular flexibility index (Phi) is 9.10. The average molecular weight is 490 g/mol. The lowest BCUT2D eigenvalue weighted by Crippen LogP contribution is -2.51. The van der Waals surface area contributed by atoms with E-state index in [1.165, 1.54) is 4.88 Å². The number of hydrogen-bond donors (Lipinski definition) is 1. The first kappa shape index (κ1) is 19.1. The molecule has 2 rings (SSSR count). The molecule has 1 aliphatic heterocycles. The van der Waals surface area contributed by atoms with Gasteiger partial charge in [0.2, 0.25) is 0 Å². The van der Waals surface area contributed by atoms with E-state index in [9.17, 15) is 0 Å². The number of methoxy groups -OCH3 is 1. The number of morpholine rings is 1. The minimum atomic E-state index is 0. The van der Waals surface area contributed by atoms with Gasteiger partial charge in [-0.3, -0.25) is 4.99 Å². The van der Waals surface area contributed by atoms with Gasteiger partial charge in [-0.15, -0.1) is 35.3 Å². The number of guanidine groups is 1. The molecule has 2 heterocycles. The summed E-state index contributed by atoms with van der Waals surface area (Å²) >= 11 is 5.21. The van der Waals surface area contributed by atoms with Crippen molar-refractivity contribution in [2.45, 2.75) is 12.6 Å². The second-order valence-electron chi connectivity index (χ2n) is 4.50. The molecule has 1 atom stereocenters. The molecule has 0 saturated carbocycles. The highest BCUT2D eigenvalue weighted by Crippen LogP contribution is 2.21. The summed E-state index contributed by atoms with van der Waals surface area (Å²) in [7, 11) is 3.51. The predicted molar refractivity (Wildman–Crippen MR) is 101 cm³/mol.